The molecule has 1 aliphatic carbocycles. The Bertz CT molecular complexity index is 1210. The van der Waals surface area contributed by atoms with Crippen molar-refractivity contribution in [1.82, 2.24) is 15.2 Å². The first-order valence-corrected chi connectivity index (χ1v) is 11.7. The summed E-state index contributed by atoms with van der Waals surface area (Å²) in [6.07, 6.45) is -1.44. The average Bonchev–Trinajstić information content (AvgIpc) is 3.21. The van der Waals surface area contributed by atoms with Crippen LogP contribution in [0.1, 0.15) is 64.5 Å². The van der Waals surface area contributed by atoms with Crippen molar-refractivity contribution >= 4 is 16.9 Å². The molecule has 0 unspecified atom stereocenters. The number of aromatic nitrogens is 3. The molecule has 0 saturated heterocycles. The summed E-state index contributed by atoms with van der Waals surface area (Å²) in [7, 11) is 0. The number of anilines is 1. The monoisotopic (exact) mass is 492 g/mol. The molecule has 2 aromatic heterocycles. The van der Waals surface area contributed by atoms with Gasteiger partial charge in [-0.05, 0) is 74.3 Å². The maximum atomic E-state index is 12.7. The number of ether oxygens (including phenoxy) is 1. The molecule has 1 saturated carbocycles. The summed E-state index contributed by atoms with van der Waals surface area (Å²) < 4.78 is 49.1. The molecular weight excluding hydrogens is 461 g/mol. The number of nitrogens with zero attached hydrogens (tertiary/aromatic N) is 3. The van der Waals surface area contributed by atoms with Crippen LogP contribution in [0.4, 0.5) is 19.2 Å². The predicted molar refractivity (Wildman–Crippen MR) is 127 cm³/mol. The summed E-state index contributed by atoms with van der Waals surface area (Å²) in [5, 5.41) is 22.3. The molecule has 0 radical (unpaired) electrons. The van der Waals surface area contributed by atoms with Gasteiger partial charge in [0.1, 0.15) is 11.4 Å². The molecule has 0 spiro atoms. The molecule has 1 aliphatic rings. The Morgan fingerprint density at radius 1 is 1.14 bits per heavy atom. The normalized spacial score (nSPS) is 21.3. The van der Waals surface area contributed by atoms with E-state index in [9.17, 15) is 18.3 Å². The predicted octanol–water partition coefficient (Wildman–Crippen LogP) is 5.94. The minimum atomic E-state index is -4.42. The number of nitrogens with one attached hydrogen (secondary N) is 1. The quantitative estimate of drug-likeness (QED) is 0.455. The number of pyridine rings is 1. The second kappa shape index (κ2) is 8.96. The minimum Gasteiger partial charge on any atom is -0.484 e. The fraction of sp³-hybridized carbons (Fsp3) is 0.560. The molecule has 4 rings (SSSR count). The number of fused-ring (bicyclic) bond motifs is 1. The zero-order valence-corrected chi connectivity index (χ0v) is 20.6. The SMILES string of the molecule is Cc1cc(-c2nnc(NC3CCC(C)(O)CC3)o2)nc2c(C(C)(C)C)cc(OCC(F)(F)F)cc12. The van der Waals surface area contributed by atoms with Crippen LogP contribution in [0.15, 0.2) is 22.6 Å². The molecule has 1 aromatic carbocycles. The first-order chi connectivity index (χ1) is 16.2. The van der Waals surface area contributed by atoms with Crippen LogP contribution in [0, 0.1) is 6.92 Å². The molecule has 0 atom stereocenters. The summed E-state index contributed by atoms with van der Waals surface area (Å²) >= 11 is 0. The van der Waals surface area contributed by atoms with Gasteiger partial charge in [0, 0.05) is 11.4 Å². The maximum Gasteiger partial charge on any atom is 0.422 e. The molecule has 10 heteroatoms. The first kappa shape index (κ1) is 25.2. The maximum absolute atomic E-state index is 12.7. The lowest BCUT2D eigenvalue weighted by atomic mass is 9.84. The van der Waals surface area contributed by atoms with E-state index in [0.29, 0.717) is 29.4 Å². The molecule has 0 bridgehead atoms. The van der Waals surface area contributed by atoms with E-state index >= 15 is 0 Å². The molecule has 2 N–H and O–H groups in total. The largest absolute Gasteiger partial charge is 0.484 e. The van der Waals surface area contributed by atoms with Crippen molar-refractivity contribution in [3.63, 3.8) is 0 Å². The molecule has 2 heterocycles. The van der Waals surface area contributed by atoms with Crippen LogP contribution in [0.3, 0.4) is 0 Å². The second-order valence-corrected chi connectivity index (χ2v) is 10.7. The number of hydrogen-bond acceptors (Lipinski definition) is 7. The van der Waals surface area contributed by atoms with Crippen LogP contribution >= 0.6 is 0 Å². The van der Waals surface area contributed by atoms with Crippen LogP contribution in [0.25, 0.3) is 22.5 Å². The standard InChI is InChI=1S/C25H31F3N4O3/c1-14-10-19(21-31-32-22(35-21)29-15-6-8-24(5,33)9-7-15)30-20-17(14)11-16(34-13-25(26,27)28)12-18(20)23(2,3)4/h10-12,15,33H,6-9,13H2,1-5H3,(H,29,32). The highest BCUT2D eigenvalue weighted by molar-refractivity contribution is 5.89. The highest BCUT2D eigenvalue weighted by Crippen LogP contribution is 2.37. The van der Waals surface area contributed by atoms with Gasteiger partial charge in [0.2, 0.25) is 0 Å². The second-order valence-electron chi connectivity index (χ2n) is 10.7. The Hall–Kier alpha value is -2.88. The summed E-state index contributed by atoms with van der Waals surface area (Å²) in [4.78, 5) is 4.77. The molecule has 0 amide bonds. The molecule has 1 fully saturated rings. The van der Waals surface area contributed by atoms with Crippen LogP contribution in [0.5, 0.6) is 5.75 Å². The number of aliphatic hydroxyl groups is 1. The molecular formula is C25H31F3N4O3. The summed E-state index contributed by atoms with van der Waals surface area (Å²) in [5.74, 6) is 0.394. The van der Waals surface area contributed by atoms with Gasteiger partial charge in [-0.15, -0.1) is 5.10 Å². The minimum absolute atomic E-state index is 0.137. The highest BCUT2D eigenvalue weighted by atomic mass is 19.4. The third-order valence-electron chi connectivity index (χ3n) is 6.34. The fourth-order valence-corrected chi connectivity index (χ4v) is 4.34. The lowest BCUT2D eigenvalue weighted by Gasteiger charge is -2.32. The number of benzene rings is 1. The summed E-state index contributed by atoms with van der Waals surface area (Å²) in [5.41, 5.74) is 1.65. The van der Waals surface area contributed by atoms with E-state index in [1.54, 1.807) is 18.2 Å². The lowest BCUT2D eigenvalue weighted by Crippen LogP contribution is -2.35. The first-order valence-electron chi connectivity index (χ1n) is 11.7. The van der Waals surface area contributed by atoms with Gasteiger partial charge in [0.05, 0.1) is 11.1 Å². The van der Waals surface area contributed by atoms with Gasteiger partial charge in [0.25, 0.3) is 5.89 Å². The van der Waals surface area contributed by atoms with Crippen molar-refractivity contribution < 1.29 is 27.4 Å². The fourth-order valence-electron chi connectivity index (χ4n) is 4.34. The van der Waals surface area contributed by atoms with Crippen LogP contribution < -0.4 is 10.1 Å². The molecule has 35 heavy (non-hydrogen) atoms. The Labute approximate surface area is 202 Å². The van der Waals surface area contributed by atoms with Crippen molar-refractivity contribution in [2.45, 2.75) is 83.5 Å². The van der Waals surface area contributed by atoms with E-state index in [1.165, 1.54) is 0 Å². The van der Waals surface area contributed by atoms with Gasteiger partial charge in [-0.3, -0.25) is 0 Å². The number of hydrogen-bond donors (Lipinski definition) is 2. The van der Waals surface area contributed by atoms with Crippen molar-refractivity contribution in [3.05, 3.63) is 29.3 Å². The van der Waals surface area contributed by atoms with Gasteiger partial charge in [-0.2, -0.15) is 13.2 Å². The van der Waals surface area contributed by atoms with E-state index in [-0.39, 0.29) is 23.7 Å². The van der Waals surface area contributed by atoms with E-state index in [0.717, 1.165) is 24.0 Å². The number of alkyl halides is 3. The summed E-state index contributed by atoms with van der Waals surface area (Å²) in [6, 6.07) is 5.40. The topological polar surface area (TPSA) is 93.3 Å². The van der Waals surface area contributed by atoms with E-state index < -0.39 is 23.8 Å². The highest BCUT2D eigenvalue weighted by Gasteiger charge is 2.30. The zero-order chi connectivity index (χ0) is 25.6. The number of rotatable bonds is 5. The molecule has 3 aromatic rings. The van der Waals surface area contributed by atoms with Crippen LogP contribution in [-0.4, -0.2) is 44.7 Å². The van der Waals surface area contributed by atoms with Crippen molar-refractivity contribution in [3.8, 4) is 17.3 Å². The average molecular weight is 493 g/mol. The van der Waals surface area contributed by atoms with Crippen molar-refractivity contribution in [2.24, 2.45) is 0 Å². The number of halogens is 3. The Balaban J connectivity index is 1.65. The van der Waals surface area contributed by atoms with Crippen molar-refractivity contribution in [1.29, 1.82) is 0 Å². The lowest BCUT2D eigenvalue weighted by molar-refractivity contribution is -0.153. The van der Waals surface area contributed by atoms with Gasteiger partial charge in [0.15, 0.2) is 6.61 Å². The van der Waals surface area contributed by atoms with E-state index in [1.807, 2.05) is 34.6 Å². The molecule has 0 aliphatic heterocycles. The Morgan fingerprint density at radius 3 is 2.46 bits per heavy atom. The Kier molecular flexibility index (Phi) is 6.46. The van der Waals surface area contributed by atoms with Gasteiger partial charge in [-0.1, -0.05) is 25.9 Å². The van der Waals surface area contributed by atoms with E-state index in [2.05, 4.69) is 15.5 Å². The van der Waals surface area contributed by atoms with E-state index in [4.69, 9.17) is 14.1 Å². The van der Waals surface area contributed by atoms with Gasteiger partial charge in [-0.25, -0.2) is 4.98 Å². The zero-order valence-electron chi connectivity index (χ0n) is 20.6. The van der Waals surface area contributed by atoms with Crippen LogP contribution in [-0.2, 0) is 5.41 Å². The van der Waals surface area contributed by atoms with Crippen LogP contribution in [0.2, 0.25) is 0 Å². The van der Waals surface area contributed by atoms with Gasteiger partial charge < -0.3 is 19.6 Å². The van der Waals surface area contributed by atoms with Gasteiger partial charge >= 0.3 is 12.2 Å². The Morgan fingerprint density at radius 2 is 1.83 bits per heavy atom. The summed E-state index contributed by atoms with van der Waals surface area (Å²) in [6.45, 7) is 8.25. The third-order valence-corrected chi connectivity index (χ3v) is 6.34. The smallest absolute Gasteiger partial charge is 0.422 e. The number of aryl methyl sites for hydroxylation is 1. The van der Waals surface area contributed by atoms with Crippen molar-refractivity contribution in [2.75, 3.05) is 11.9 Å². The third kappa shape index (κ3) is 6.04. The molecule has 190 valence electrons. The molecule has 7 nitrogen and oxygen atoms in total.